The highest BCUT2D eigenvalue weighted by Gasteiger charge is 2.31. The summed E-state index contributed by atoms with van der Waals surface area (Å²) >= 11 is 3.43. The second kappa shape index (κ2) is 12.0. The molecule has 0 saturated carbocycles. The molecule has 0 radical (unpaired) electrons. The summed E-state index contributed by atoms with van der Waals surface area (Å²) in [6, 6.07) is 11.2. The molecule has 1 atom stereocenters. The minimum Gasteiger partial charge on any atom is -0.486 e. The van der Waals surface area contributed by atoms with Crippen LogP contribution in [0.5, 0.6) is 11.5 Å². The molecule has 36 heavy (non-hydrogen) atoms. The summed E-state index contributed by atoms with van der Waals surface area (Å²) < 4.78 is 39.2. The summed E-state index contributed by atoms with van der Waals surface area (Å²) in [4.78, 5) is 27.9. The van der Waals surface area contributed by atoms with E-state index in [-0.39, 0.29) is 29.9 Å². The minimum absolute atomic E-state index is 0.113. The van der Waals surface area contributed by atoms with Gasteiger partial charge < -0.3 is 19.7 Å². The fraction of sp³-hybridized carbons (Fsp3) is 0.440. The fourth-order valence-electron chi connectivity index (χ4n) is 3.73. The van der Waals surface area contributed by atoms with Crippen molar-refractivity contribution >= 4 is 43.5 Å². The molecule has 9 nitrogen and oxygen atoms in total. The van der Waals surface area contributed by atoms with E-state index >= 15 is 0 Å². The van der Waals surface area contributed by atoms with E-state index in [1.807, 2.05) is 38.1 Å². The van der Waals surface area contributed by atoms with Crippen LogP contribution in [0.25, 0.3) is 0 Å². The number of rotatable bonds is 10. The van der Waals surface area contributed by atoms with Crippen LogP contribution >= 0.6 is 15.9 Å². The second-order valence-corrected chi connectivity index (χ2v) is 11.8. The van der Waals surface area contributed by atoms with Gasteiger partial charge in [0, 0.05) is 23.1 Å². The Labute approximate surface area is 220 Å². The van der Waals surface area contributed by atoms with Crippen molar-refractivity contribution in [3.63, 3.8) is 0 Å². The largest absolute Gasteiger partial charge is 0.486 e. The third-order valence-electron chi connectivity index (χ3n) is 5.63. The quantitative estimate of drug-likeness (QED) is 0.461. The number of fused-ring (bicyclic) bond motifs is 1. The molecule has 1 aliphatic heterocycles. The monoisotopic (exact) mass is 581 g/mol. The molecule has 0 aromatic heterocycles. The van der Waals surface area contributed by atoms with Crippen LogP contribution in [0.2, 0.25) is 0 Å². The van der Waals surface area contributed by atoms with E-state index in [4.69, 9.17) is 9.47 Å². The third kappa shape index (κ3) is 6.91. The van der Waals surface area contributed by atoms with Crippen LogP contribution in [0.4, 0.5) is 5.69 Å². The lowest BCUT2D eigenvalue weighted by atomic mass is 10.1. The number of carbonyl (C=O) groups excluding carboxylic acids is 2. The molecular weight excluding hydrogens is 550 g/mol. The average Bonchev–Trinajstić information content (AvgIpc) is 2.84. The lowest BCUT2D eigenvalue weighted by Gasteiger charge is -2.32. The number of halogens is 1. The van der Waals surface area contributed by atoms with Crippen LogP contribution in [-0.2, 0) is 26.2 Å². The smallest absolute Gasteiger partial charge is 0.244 e. The SMILES string of the molecule is CCS(=O)(=O)N(CC(=O)N(Cc1cccc(Br)c1)[C@@H](C)C(=O)NC(C)C)c1ccc2c(c1)OCCO2. The van der Waals surface area contributed by atoms with E-state index in [9.17, 15) is 18.0 Å². The summed E-state index contributed by atoms with van der Waals surface area (Å²) in [6.45, 7) is 7.24. The van der Waals surface area contributed by atoms with Crippen molar-refractivity contribution in [3.8, 4) is 11.5 Å². The minimum atomic E-state index is -3.83. The van der Waals surface area contributed by atoms with Crippen LogP contribution in [0.1, 0.15) is 33.3 Å². The summed E-state index contributed by atoms with van der Waals surface area (Å²) in [6.07, 6.45) is 0. The van der Waals surface area contributed by atoms with Gasteiger partial charge in [0.2, 0.25) is 21.8 Å². The molecule has 2 aromatic rings. The van der Waals surface area contributed by atoms with Crippen molar-refractivity contribution in [3.05, 3.63) is 52.5 Å². The lowest BCUT2D eigenvalue weighted by molar-refractivity contribution is -0.139. The molecule has 0 spiro atoms. The van der Waals surface area contributed by atoms with Crippen molar-refractivity contribution < 1.29 is 27.5 Å². The van der Waals surface area contributed by atoms with Gasteiger partial charge in [-0.3, -0.25) is 13.9 Å². The summed E-state index contributed by atoms with van der Waals surface area (Å²) in [5.41, 5.74) is 1.09. The standard InChI is InChI=1S/C25H32BrN3O6S/c1-5-36(32,33)29(21-9-10-22-23(14-21)35-12-11-34-22)16-24(30)28(18(4)25(31)27-17(2)3)15-19-7-6-8-20(26)13-19/h6-10,13-14,17-18H,5,11-12,15-16H2,1-4H3,(H,27,31)/t18-/m0/s1. The second-order valence-electron chi connectivity index (χ2n) is 8.73. The molecule has 0 unspecified atom stereocenters. The highest BCUT2D eigenvalue weighted by Crippen LogP contribution is 2.35. The highest BCUT2D eigenvalue weighted by molar-refractivity contribution is 9.10. The topological polar surface area (TPSA) is 105 Å². The van der Waals surface area contributed by atoms with Crippen molar-refractivity contribution in [2.24, 2.45) is 0 Å². The Hall–Kier alpha value is -2.79. The van der Waals surface area contributed by atoms with Gasteiger partial charge >= 0.3 is 0 Å². The average molecular weight is 583 g/mol. The maximum atomic E-state index is 13.7. The molecule has 0 saturated heterocycles. The number of hydrogen-bond acceptors (Lipinski definition) is 6. The molecule has 11 heteroatoms. The molecule has 196 valence electrons. The van der Waals surface area contributed by atoms with Gasteiger partial charge in [0.15, 0.2) is 11.5 Å². The normalized spacial score (nSPS) is 13.7. The van der Waals surface area contributed by atoms with Crippen molar-refractivity contribution in [1.82, 2.24) is 10.2 Å². The number of amides is 2. The first-order chi connectivity index (χ1) is 17.0. The zero-order chi connectivity index (χ0) is 26.5. The Morgan fingerprint density at radius 1 is 1.06 bits per heavy atom. The van der Waals surface area contributed by atoms with E-state index in [0.717, 1.165) is 14.3 Å². The first-order valence-corrected chi connectivity index (χ1v) is 14.2. The molecule has 0 aliphatic carbocycles. The number of nitrogens with one attached hydrogen (secondary N) is 1. The Bertz CT molecular complexity index is 1200. The maximum Gasteiger partial charge on any atom is 0.244 e. The van der Waals surface area contributed by atoms with Crippen LogP contribution in [0, 0.1) is 0 Å². The first kappa shape index (κ1) is 27.8. The number of sulfonamides is 1. The molecule has 2 aromatic carbocycles. The number of benzene rings is 2. The van der Waals surface area contributed by atoms with E-state index in [1.54, 1.807) is 25.1 Å². The van der Waals surface area contributed by atoms with Gasteiger partial charge in [-0.1, -0.05) is 28.1 Å². The Balaban J connectivity index is 1.95. The number of hydrogen-bond donors (Lipinski definition) is 1. The van der Waals surface area contributed by atoms with Gasteiger partial charge in [0.1, 0.15) is 25.8 Å². The molecule has 1 aliphatic rings. The first-order valence-electron chi connectivity index (χ1n) is 11.8. The van der Waals surface area contributed by atoms with Gasteiger partial charge in [-0.15, -0.1) is 0 Å². The zero-order valence-electron chi connectivity index (χ0n) is 20.9. The highest BCUT2D eigenvalue weighted by atomic mass is 79.9. The van der Waals surface area contributed by atoms with E-state index in [2.05, 4.69) is 21.2 Å². The zero-order valence-corrected chi connectivity index (χ0v) is 23.3. The molecule has 1 heterocycles. The molecule has 3 rings (SSSR count). The number of anilines is 1. The number of carbonyl (C=O) groups is 2. The van der Waals surface area contributed by atoms with Crippen molar-refractivity contribution in [1.29, 1.82) is 0 Å². The molecule has 0 fully saturated rings. The van der Waals surface area contributed by atoms with Gasteiger partial charge in [-0.25, -0.2) is 8.42 Å². The van der Waals surface area contributed by atoms with Crippen LogP contribution in [-0.4, -0.2) is 62.7 Å². The molecule has 0 bridgehead atoms. The van der Waals surface area contributed by atoms with E-state index < -0.39 is 28.5 Å². The predicted octanol–water partition coefficient (Wildman–Crippen LogP) is 3.32. The Morgan fingerprint density at radius 3 is 2.39 bits per heavy atom. The summed E-state index contributed by atoms with van der Waals surface area (Å²) in [7, 11) is -3.83. The number of ether oxygens (including phenoxy) is 2. The molecular formula is C25H32BrN3O6S. The van der Waals surface area contributed by atoms with Gasteiger partial charge in [0.05, 0.1) is 11.4 Å². The van der Waals surface area contributed by atoms with Crippen LogP contribution in [0.3, 0.4) is 0 Å². The van der Waals surface area contributed by atoms with E-state index in [1.165, 1.54) is 11.8 Å². The third-order valence-corrected chi connectivity index (χ3v) is 7.87. The van der Waals surface area contributed by atoms with Gasteiger partial charge in [-0.2, -0.15) is 0 Å². The van der Waals surface area contributed by atoms with Gasteiger partial charge in [0.25, 0.3) is 0 Å². The van der Waals surface area contributed by atoms with Crippen LogP contribution < -0.4 is 19.1 Å². The molecule has 2 amide bonds. The Morgan fingerprint density at radius 2 is 1.75 bits per heavy atom. The molecule has 1 N–H and O–H groups in total. The lowest BCUT2D eigenvalue weighted by Crippen LogP contribution is -2.52. The van der Waals surface area contributed by atoms with E-state index in [0.29, 0.717) is 24.7 Å². The number of nitrogens with zero attached hydrogens (tertiary/aromatic N) is 2. The van der Waals surface area contributed by atoms with Crippen molar-refractivity contribution in [2.75, 3.05) is 29.8 Å². The summed E-state index contributed by atoms with van der Waals surface area (Å²) in [5.74, 6) is -0.103. The summed E-state index contributed by atoms with van der Waals surface area (Å²) in [5, 5.41) is 2.83. The maximum absolute atomic E-state index is 13.7. The predicted molar refractivity (Wildman–Crippen MR) is 142 cm³/mol. The van der Waals surface area contributed by atoms with Crippen LogP contribution in [0.15, 0.2) is 46.9 Å². The van der Waals surface area contributed by atoms with Gasteiger partial charge in [-0.05, 0) is 57.5 Å². The fourth-order valence-corrected chi connectivity index (χ4v) is 5.23. The Kier molecular flexibility index (Phi) is 9.24. The van der Waals surface area contributed by atoms with Crippen molar-refractivity contribution in [2.45, 2.75) is 46.3 Å².